The molecule has 1 N–H and O–H groups in total. The molecule has 0 radical (unpaired) electrons. The van der Waals surface area contributed by atoms with Crippen LogP contribution in [-0.4, -0.2) is 31.2 Å². The van der Waals surface area contributed by atoms with Gasteiger partial charge in [0.15, 0.2) is 6.10 Å². The van der Waals surface area contributed by atoms with Crippen LogP contribution in [0.3, 0.4) is 0 Å². The zero-order valence-corrected chi connectivity index (χ0v) is 15.9. The summed E-state index contributed by atoms with van der Waals surface area (Å²) >= 11 is 5.93. The zero-order chi connectivity index (χ0) is 19.5. The van der Waals surface area contributed by atoms with E-state index in [1.807, 2.05) is 35.0 Å². The van der Waals surface area contributed by atoms with Gasteiger partial charge in [-0.05, 0) is 37.3 Å². The van der Waals surface area contributed by atoms with E-state index in [0.29, 0.717) is 23.0 Å². The molecule has 142 valence electrons. The number of ether oxygens (including phenoxy) is 1. The Morgan fingerprint density at radius 3 is 2.96 bits per heavy atom. The summed E-state index contributed by atoms with van der Waals surface area (Å²) in [5.74, 6) is 0.268. The van der Waals surface area contributed by atoms with Crippen LogP contribution in [-0.2, 0) is 11.3 Å². The molecule has 8 heteroatoms. The minimum Gasteiger partial charge on any atom is -0.481 e. The van der Waals surface area contributed by atoms with Gasteiger partial charge >= 0.3 is 0 Å². The summed E-state index contributed by atoms with van der Waals surface area (Å²) in [5.41, 5.74) is 2.35. The number of amides is 1. The van der Waals surface area contributed by atoms with Crippen LogP contribution < -0.4 is 10.1 Å². The number of hydrogen-bond donors (Lipinski definition) is 1. The van der Waals surface area contributed by atoms with E-state index in [2.05, 4.69) is 15.4 Å². The number of nitrogens with zero attached hydrogens (tertiary/aromatic N) is 4. The van der Waals surface area contributed by atoms with Crippen molar-refractivity contribution in [3.8, 4) is 5.75 Å². The van der Waals surface area contributed by atoms with Gasteiger partial charge in [-0.1, -0.05) is 23.7 Å². The second kappa shape index (κ2) is 7.74. The van der Waals surface area contributed by atoms with Crippen LogP contribution in [0.15, 0.2) is 67.3 Å². The Balaban J connectivity index is 1.37. The van der Waals surface area contributed by atoms with Crippen LogP contribution in [0.2, 0.25) is 5.02 Å². The summed E-state index contributed by atoms with van der Waals surface area (Å²) in [6, 6.07) is 12.8. The van der Waals surface area contributed by atoms with Gasteiger partial charge in [0.05, 0.1) is 24.1 Å². The fraction of sp³-hybridized carbons (Fsp3) is 0.150. The van der Waals surface area contributed by atoms with Crippen LogP contribution in [0.1, 0.15) is 12.6 Å². The number of nitrogens with one attached hydrogen (secondary N) is 1. The highest BCUT2D eigenvalue weighted by Crippen LogP contribution is 2.19. The number of pyridine rings is 1. The molecule has 0 saturated heterocycles. The zero-order valence-electron chi connectivity index (χ0n) is 15.1. The van der Waals surface area contributed by atoms with E-state index in [1.165, 1.54) is 0 Å². The third-order valence-corrected chi connectivity index (χ3v) is 4.35. The van der Waals surface area contributed by atoms with Crippen LogP contribution in [0.25, 0.3) is 5.65 Å². The Bertz CT molecular complexity index is 1090. The molecule has 0 aliphatic carbocycles. The van der Waals surface area contributed by atoms with Crippen molar-refractivity contribution in [3.05, 3.63) is 78.0 Å². The van der Waals surface area contributed by atoms with E-state index >= 15 is 0 Å². The summed E-state index contributed by atoms with van der Waals surface area (Å²) in [4.78, 5) is 16.9. The Morgan fingerprint density at radius 1 is 1.25 bits per heavy atom. The van der Waals surface area contributed by atoms with Crippen molar-refractivity contribution in [2.45, 2.75) is 19.6 Å². The average molecular weight is 396 g/mol. The van der Waals surface area contributed by atoms with Gasteiger partial charge in [0.25, 0.3) is 5.91 Å². The molecule has 0 bridgehead atoms. The van der Waals surface area contributed by atoms with Gasteiger partial charge in [0.2, 0.25) is 0 Å². The number of anilines is 1. The lowest BCUT2D eigenvalue weighted by molar-refractivity contribution is -0.122. The van der Waals surface area contributed by atoms with Gasteiger partial charge in [-0.3, -0.25) is 9.48 Å². The first kappa shape index (κ1) is 18.1. The van der Waals surface area contributed by atoms with Gasteiger partial charge < -0.3 is 14.5 Å². The topological polar surface area (TPSA) is 73.5 Å². The van der Waals surface area contributed by atoms with E-state index < -0.39 is 6.10 Å². The van der Waals surface area contributed by atoms with E-state index in [9.17, 15) is 4.79 Å². The number of halogens is 1. The molecular weight excluding hydrogens is 378 g/mol. The molecule has 0 aliphatic heterocycles. The van der Waals surface area contributed by atoms with Gasteiger partial charge in [-0.25, -0.2) is 4.98 Å². The van der Waals surface area contributed by atoms with Crippen molar-refractivity contribution in [2.75, 3.05) is 5.32 Å². The molecule has 7 nitrogen and oxygen atoms in total. The standard InChI is InChI=1S/C20H18ClN5O2/c1-14(28-18-6-4-5-15(21)9-18)20(27)24-16-10-22-26(12-16)13-17-11-25-8-3-2-7-19(25)23-17/h2-12,14H,13H2,1H3,(H,24,27). The quantitative estimate of drug-likeness (QED) is 0.541. The smallest absolute Gasteiger partial charge is 0.265 e. The molecular formula is C20H18ClN5O2. The number of imidazole rings is 1. The van der Waals surface area contributed by atoms with Crippen LogP contribution in [0, 0.1) is 0 Å². The summed E-state index contributed by atoms with van der Waals surface area (Å²) in [6.45, 7) is 2.18. The number of rotatable bonds is 6. The van der Waals surface area contributed by atoms with E-state index in [4.69, 9.17) is 16.3 Å². The lowest BCUT2D eigenvalue weighted by Gasteiger charge is -2.14. The molecule has 0 spiro atoms. The molecule has 0 saturated carbocycles. The highest BCUT2D eigenvalue weighted by Gasteiger charge is 2.16. The summed E-state index contributed by atoms with van der Waals surface area (Å²) in [7, 11) is 0. The van der Waals surface area contributed by atoms with Gasteiger partial charge in [-0.15, -0.1) is 0 Å². The number of aromatic nitrogens is 4. The van der Waals surface area contributed by atoms with Crippen molar-refractivity contribution in [1.29, 1.82) is 0 Å². The number of carbonyl (C=O) groups is 1. The number of carbonyl (C=O) groups excluding carboxylic acids is 1. The van der Waals surface area contributed by atoms with E-state index in [0.717, 1.165) is 11.3 Å². The highest BCUT2D eigenvalue weighted by molar-refractivity contribution is 6.30. The Morgan fingerprint density at radius 2 is 2.14 bits per heavy atom. The van der Waals surface area contributed by atoms with E-state index in [-0.39, 0.29) is 5.91 Å². The molecule has 0 aliphatic rings. The molecule has 3 heterocycles. The van der Waals surface area contributed by atoms with Gasteiger partial charge in [0.1, 0.15) is 11.4 Å². The van der Waals surface area contributed by atoms with Crippen molar-refractivity contribution in [2.24, 2.45) is 0 Å². The van der Waals surface area contributed by atoms with Gasteiger partial charge in [0, 0.05) is 23.6 Å². The first-order valence-corrected chi connectivity index (χ1v) is 9.13. The van der Waals surface area contributed by atoms with Crippen molar-refractivity contribution in [3.63, 3.8) is 0 Å². The fourth-order valence-corrected chi connectivity index (χ4v) is 2.97. The Kier molecular flexibility index (Phi) is 4.99. The molecule has 1 unspecified atom stereocenters. The van der Waals surface area contributed by atoms with Crippen molar-refractivity contribution < 1.29 is 9.53 Å². The third-order valence-electron chi connectivity index (χ3n) is 4.12. The summed E-state index contributed by atoms with van der Waals surface area (Å²) in [6.07, 6.45) is 6.58. The van der Waals surface area contributed by atoms with Crippen LogP contribution in [0.4, 0.5) is 5.69 Å². The molecule has 1 aromatic carbocycles. The average Bonchev–Trinajstić information content (AvgIpc) is 3.28. The minimum atomic E-state index is -0.680. The SMILES string of the molecule is CC(Oc1cccc(Cl)c1)C(=O)Nc1cnn(Cc2cn3ccccc3n2)c1. The number of benzene rings is 1. The normalized spacial score (nSPS) is 12.1. The Hall–Kier alpha value is -3.32. The summed E-state index contributed by atoms with van der Waals surface area (Å²) < 4.78 is 9.31. The summed E-state index contributed by atoms with van der Waals surface area (Å²) in [5, 5.41) is 7.64. The number of hydrogen-bond acceptors (Lipinski definition) is 4. The monoisotopic (exact) mass is 395 g/mol. The Labute approximate surface area is 166 Å². The molecule has 1 amide bonds. The maximum absolute atomic E-state index is 12.4. The van der Waals surface area contributed by atoms with Crippen LogP contribution in [0.5, 0.6) is 5.75 Å². The third kappa shape index (κ3) is 4.15. The predicted octanol–water partition coefficient (Wildman–Crippen LogP) is 3.64. The van der Waals surface area contributed by atoms with E-state index in [1.54, 1.807) is 48.3 Å². The lowest BCUT2D eigenvalue weighted by atomic mass is 10.3. The molecule has 28 heavy (non-hydrogen) atoms. The molecule has 3 aromatic heterocycles. The maximum Gasteiger partial charge on any atom is 0.265 e. The lowest BCUT2D eigenvalue weighted by Crippen LogP contribution is -2.30. The van der Waals surface area contributed by atoms with Crippen molar-refractivity contribution in [1.82, 2.24) is 19.2 Å². The van der Waals surface area contributed by atoms with Crippen LogP contribution >= 0.6 is 11.6 Å². The fourth-order valence-electron chi connectivity index (χ4n) is 2.79. The first-order chi connectivity index (χ1) is 13.6. The minimum absolute atomic E-state index is 0.271. The second-order valence-corrected chi connectivity index (χ2v) is 6.77. The van der Waals surface area contributed by atoms with Crippen molar-refractivity contribution >= 4 is 28.8 Å². The molecule has 4 rings (SSSR count). The first-order valence-electron chi connectivity index (χ1n) is 8.75. The van der Waals surface area contributed by atoms with Gasteiger partial charge in [-0.2, -0.15) is 5.10 Å². The molecule has 4 aromatic rings. The molecule has 0 fully saturated rings. The maximum atomic E-state index is 12.4. The second-order valence-electron chi connectivity index (χ2n) is 6.33. The molecule has 1 atom stereocenters. The predicted molar refractivity (Wildman–Crippen MR) is 107 cm³/mol. The number of fused-ring (bicyclic) bond motifs is 1. The largest absolute Gasteiger partial charge is 0.481 e. The highest BCUT2D eigenvalue weighted by atomic mass is 35.5.